The summed E-state index contributed by atoms with van der Waals surface area (Å²) >= 11 is 0. The molecule has 0 saturated heterocycles. The van der Waals surface area contributed by atoms with Gasteiger partial charge in [-0.1, -0.05) is 39.0 Å². The first kappa shape index (κ1) is 12.4. The van der Waals surface area contributed by atoms with E-state index in [9.17, 15) is 0 Å². The quantitative estimate of drug-likeness (QED) is 0.536. The van der Waals surface area contributed by atoms with Crippen LogP contribution in [0, 0.1) is 0 Å². The highest BCUT2D eigenvalue weighted by molar-refractivity contribution is 6.12. The third-order valence-electron chi connectivity index (χ3n) is 4.12. The first-order valence-corrected chi connectivity index (χ1v) is 7.24. The molecule has 3 aromatic rings. The summed E-state index contributed by atoms with van der Waals surface area (Å²) in [6.07, 6.45) is 5.62. The lowest BCUT2D eigenvalue weighted by Crippen LogP contribution is -2.11. The van der Waals surface area contributed by atoms with Crippen LogP contribution in [-0.4, -0.2) is 4.98 Å². The lowest BCUT2D eigenvalue weighted by atomic mass is 9.83. The molecule has 2 nitrogen and oxygen atoms in total. The molecule has 1 aliphatic heterocycles. The summed E-state index contributed by atoms with van der Waals surface area (Å²) in [6, 6.07) is 10.7. The summed E-state index contributed by atoms with van der Waals surface area (Å²) < 4.78 is 5.75. The third-order valence-corrected chi connectivity index (χ3v) is 4.12. The van der Waals surface area contributed by atoms with E-state index in [2.05, 4.69) is 50.0 Å². The number of aromatic nitrogens is 1. The lowest BCUT2D eigenvalue weighted by molar-refractivity contribution is 0.488. The highest BCUT2D eigenvalue weighted by Crippen LogP contribution is 2.40. The van der Waals surface area contributed by atoms with E-state index in [4.69, 9.17) is 4.74 Å². The van der Waals surface area contributed by atoms with Crippen molar-refractivity contribution in [1.82, 2.24) is 4.98 Å². The number of fused-ring (bicyclic) bond motifs is 2. The maximum Gasteiger partial charge on any atom is 0.137 e. The molecule has 0 amide bonds. The second-order valence-electron chi connectivity index (χ2n) is 6.57. The predicted molar refractivity (Wildman–Crippen MR) is 87.6 cm³/mol. The second kappa shape index (κ2) is 4.08. The first-order valence-electron chi connectivity index (χ1n) is 7.24. The molecule has 2 heterocycles. The van der Waals surface area contributed by atoms with Crippen LogP contribution in [0.25, 0.3) is 27.8 Å². The van der Waals surface area contributed by atoms with Gasteiger partial charge < -0.3 is 4.74 Å². The highest BCUT2D eigenvalue weighted by atomic mass is 16.5. The van der Waals surface area contributed by atoms with Crippen LogP contribution in [-0.2, 0) is 5.41 Å². The Morgan fingerprint density at radius 3 is 2.71 bits per heavy atom. The SMILES string of the molecule is CC(C)(C)c1cccc2c1cc1c3c(ccnc32)C=CO1. The summed E-state index contributed by atoms with van der Waals surface area (Å²) in [5.41, 5.74) is 3.60. The summed E-state index contributed by atoms with van der Waals surface area (Å²) in [6.45, 7) is 6.71. The van der Waals surface area contributed by atoms with E-state index in [1.807, 2.05) is 18.3 Å². The molecule has 2 aromatic carbocycles. The molecule has 0 N–H and O–H groups in total. The zero-order valence-corrected chi connectivity index (χ0v) is 12.5. The standard InChI is InChI=1S/C19H17NO/c1-19(2,3)15-6-4-5-13-14(15)11-16-17-12(8-10-21-16)7-9-20-18(13)17/h4-11H,1-3H3. The van der Waals surface area contributed by atoms with Crippen LogP contribution in [0.4, 0.5) is 0 Å². The number of hydrogen-bond acceptors (Lipinski definition) is 2. The molecular formula is C19H17NO. The average Bonchev–Trinajstić information content (AvgIpc) is 2.46. The molecule has 21 heavy (non-hydrogen) atoms. The molecule has 0 aliphatic carbocycles. The monoisotopic (exact) mass is 275 g/mol. The van der Waals surface area contributed by atoms with Crippen LogP contribution in [0.15, 0.2) is 42.8 Å². The minimum absolute atomic E-state index is 0.0853. The van der Waals surface area contributed by atoms with Crippen LogP contribution in [0.2, 0.25) is 0 Å². The van der Waals surface area contributed by atoms with Crippen molar-refractivity contribution in [2.45, 2.75) is 26.2 Å². The van der Waals surface area contributed by atoms with Gasteiger partial charge in [0, 0.05) is 11.6 Å². The highest BCUT2D eigenvalue weighted by Gasteiger charge is 2.20. The predicted octanol–water partition coefficient (Wildman–Crippen LogP) is 5.05. The molecule has 0 fully saturated rings. The van der Waals surface area contributed by atoms with Crippen LogP contribution < -0.4 is 4.74 Å². The van der Waals surface area contributed by atoms with Gasteiger partial charge in [-0.2, -0.15) is 0 Å². The molecule has 0 unspecified atom stereocenters. The molecule has 0 atom stereocenters. The smallest absolute Gasteiger partial charge is 0.137 e. The maximum atomic E-state index is 5.75. The fraction of sp³-hybridized carbons (Fsp3) is 0.211. The van der Waals surface area contributed by atoms with E-state index in [1.165, 1.54) is 21.9 Å². The van der Waals surface area contributed by atoms with Gasteiger partial charge in [-0.05, 0) is 40.1 Å². The number of hydrogen-bond donors (Lipinski definition) is 0. The minimum atomic E-state index is 0.0853. The van der Waals surface area contributed by atoms with Crippen molar-refractivity contribution in [2.75, 3.05) is 0 Å². The van der Waals surface area contributed by atoms with E-state index in [0.29, 0.717) is 0 Å². The van der Waals surface area contributed by atoms with E-state index in [-0.39, 0.29) is 5.41 Å². The zero-order chi connectivity index (χ0) is 14.6. The molecule has 0 saturated carbocycles. The zero-order valence-electron chi connectivity index (χ0n) is 12.5. The second-order valence-corrected chi connectivity index (χ2v) is 6.57. The van der Waals surface area contributed by atoms with E-state index in [0.717, 1.165) is 16.7 Å². The van der Waals surface area contributed by atoms with Gasteiger partial charge in [0.1, 0.15) is 5.75 Å². The number of nitrogens with zero attached hydrogens (tertiary/aromatic N) is 1. The number of pyridine rings is 1. The van der Waals surface area contributed by atoms with Crippen molar-refractivity contribution in [2.24, 2.45) is 0 Å². The molecule has 2 heteroatoms. The van der Waals surface area contributed by atoms with Gasteiger partial charge in [-0.15, -0.1) is 0 Å². The summed E-state index contributed by atoms with van der Waals surface area (Å²) in [4.78, 5) is 4.62. The van der Waals surface area contributed by atoms with Crippen molar-refractivity contribution in [3.63, 3.8) is 0 Å². The number of benzene rings is 2. The Bertz CT molecular complexity index is 901. The summed E-state index contributed by atoms with van der Waals surface area (Å²) in [5, 5.41) is 3.54. The van der Waals surface area contributed by atoms with Gasteiger partial charge in [0.15, 0.2) is 0 Å². The van der Waals surface area contributed by atoms with Crippen LogP contribution >= 0.6 is 0 Å². The molecular weight excluding hydrogens is 258 g/mol. The van der Waals surface area contributed by atoms with Gasteiger partial charge >= 0.3 is 0 Å². The van der Waals surface area contributed by atoms with E-state index < -0.39 is 0 Å². The Kier molecular flexibility index (Phi) is 2.41. The van der Waals surface area contributed by atoms with Crippen molar-refractivity contribution in [3.8, 4) is 5.75 Å². The fourth-order valence-corrected chi connectivity index (χ4v) is 3.14. The van der Waals surface area contributed by atoms with Crippen LogP contribution in [0.3, 0.4) is 0 Å². The topological polar surface area (TPSA) is 22.1 Å². The average molecular weight is 275 g/mol. The number of ether oxygens (including phenoxy) is 1. The van der Waals surface area contributed by atoms with E-state index in [1.54, 1.807) is 6.26 Å². The largest absolute Gasteiger partial charge is 0.464 e. The third kappa shape index (κ3) is 1.75. The Balaban J connectivity index is 2.23. The maximum absolute atomic E-state index is 5.75. The molecule has 0 radical (unpaired) electrons. The van der Waals surface area contributed by atoms with Gasteiger partial charge in [0.2, 0.25) is 0 Å². The van der Waals surface area contributed by atoms with Crippen molar-refractivity contribution >= 4 is 27.8 Å². The van der Waals surface area contributed by atoms with Gasteiger partial charge in [0.05, 0.1) is 17.2 Å². The van der Waals surface area contributed by atoms with Crippen molar-refractivity contribution in [1.29, 1.82) is 0 Å². The van der Waals surface area contributed by atoms with Gasteiger partial charge in [0.25, 0.3) is 0 Å². The molecule has 0 bridgehead atoms. The Labute approximate surface area is 124 Å². The lowest BCUT2D eigenvalue weighted by Gasteiger charge is -2.23. The molecule has 1 aromatic heterocycles. The van der Waals surface area contributed by atoms with Gasteiger partial charge in [-0.25, -0.2) is 0 Å². The Morgan fingerprint density at radius 2 is 1.90 bits per heavy atom. The number of rotatable bonds is 0. The van der Waals surface area contributed by atoms with E-state index >= 15 is 0 Å². The summed E-state index contributed by atoms with van der Waals surface area (Å²) in [5.74, 6) is 0.903. The minimum Gasteiger partial charge on any atom is -0.464 e. The van der Waals surface area contributed by atoms with Crippen molar-refractivity contribution < 1.29 is 4.74 Å². The van der Waals surface area contributed by atoms with Crippen LogP contribution in [0.5, 0.6) is 5.75 Å². The summed E-state index contributed by atoms with van der Waals surface area (Å²) in [7, 11) is 0. The van der Waals surface area contributed by atoms with Gasteiger partial charge in [-0.3, -0.25) is 4.98 Å². The Morgan fingerprint density at radius 1 is 1.05 bits per heavy atom. The molecule has 1 aliphatic rings. The first-order chi connectivity index (χ1) is 10.1. The van der Waals surface area contributed by atoms with Crippen LogP contribution in [0.1, 0.15) is 31.9 Å². The molecule has 0 spiro atoms. The Hall–Kier alpha value is -2.35. The normalized spacial score (nSPS) is 13.7. The molecule has 104 valence electrons. The van der Waals surface area contributed by atoms with Crippen molar-refractivity contribution in [3.05, 3.63) is 53.9 Å². The molecule has 4 rings (SSSR count). The fourth-order valence-electron chi connectivity index (χ4n) is 3.14.